The summed E-state index contributed by atoms with van der Waals surface area (Å²) in [6.45, 7) is 2.12. The molecule has 0 heterocycles. The van der Waals surface area contributed by atoms with Gasteiger partial charge in [-0.15, -0.1) is 11.8 Å². The van der Waals surface area contributed by atoms with E-state index in [1.54, 1.807) is 17.8 Å². The summed E-state index contributed by atoms with van der Waals surface area (Å²) in [7, 11) is 0. The SMILES string of the molecule is CCCSc1cccc(C=O)c1Cl. The van der Waals surface area contributed by atoms with E-state index in [1.165, 1.54) is 0 Å². The fraction of sp³-hybridized carbons (Fsp3) is 0.300. The minimum absolute atomic E-state index is 0.572. The van der Waals surface area contributed by atoms with Gasteiger partial charge in [0, 0.05) is 10.5 Å². The molecule has 0 radical (unpaired) electrons. The molecule has 70 valence electrons. The van der Waals surface area contributed by atoms with E-state index in [2.05, 4.69) is 6.92 Å². The van der Waals surface area contributed by atoms with Crippen LogP contribution in [0.25, 0.3) is 0 Å². The molecular weight excluding hydrogens is 204 g/mol. The van der Waals surface area contributed by atoms with E-state index in [-0.39, 0.29) is 0 Å². The Labute approximate surface area is 87.5 Å². The molecule has 0 fully saturated rings. The smallest absolute Gasteiger partial charge is 0.151 e. The predicted octanol–water partition coefficient (Wildman–Crippen LogP) is 3.65. The number of rotatable bonds is 4. The van der Waals surface area contributed by atoms with E-state index in [0.29, 0.717) is 10.6 Å². The Hall–Kier alpha value is -0.470. The van der Waals surface area contributed by atoms with Crippen molar-refractivity contribution >= 4 is 29.6 Å². The summed E-state index contributed by atoms with van der Waals surface area (Å²) in [4.78, 5) is 11.6. The summed E-state index contributed by atoms with van der Waals surface area (Å²) in [5.74, 6) is 1.03. The van der Waals surface area contributed by atoms with Gasteiger partial charge < -0.3 is 0 Å². The van der Waals surface area contributed by atoms with Crippen molar-refractivity contribution in [2.24, 2.45) is 0 Å². The quantitative estimate of drug-likeness (QED) is 0.562. The Morgan fingerprint density at radius 2 is 2.31 bits per heavy atom. The van der Waals surface area contributed by atoms with Crippen molar-refractivity contribution in [3.05, 3.63) is 28.8 Å². The van der Waals surface area contributed by atoms with E-state index in [9.17, 15) is 4.79 Å². The molecule has 13 heavy (non-hydrogen) atoms. The number of halogens is 1. The van der Waals surface area contributed by atoms with Gasteiger partial charge in [-0.2, -0.15) is 0 Å². The van der Waals surface area contributed by atoms with Crippen molar-refractivity contribution in [3.8, 4) is 0 Å². The van der Waals surface area contributed by atoms with Crippen molar-refractivity contribution in [1.29, 1.82) is 0 Å². The molecule has 0 aromatic heterocycles. The Kier molecular flexibility index (Phi) is 4.33. The van der Waals surface area contributed by atoms with Gasteiger partial charge in [0.2, 0.25) is 0 Å². The van der Waals surface area contributed by atoms with Crippen LogP contribution in [0.15, 0.2) is 23.1 Å². The molecule has 0 saturated heterocycles. The zero-order valence-corrected chi connectivity index (χ0v) is 8.99. The van der Waals surface area contributed by atoms with Gasteiger partial charge in [-0.05, 0) is 18.2 Å². The van der Waals surface area contributed by atoms with Crippen LogP contribution in [0, 0.1) is 0 Å². The van der Waals surface area contributed by atoms with Crippen LogP contribution >= 0.6 is 23.4 Å². The normalized spacial score (nSPS) is 10.0. The number of hydrogen-bond acceptors (Lipinski definition) is 2. The topological polar surface area (TPSA) is 17.1 Å². The number of thioether (sulfide) groups is 1. The first-order valence-electron chi connectivity index (χ1n) is 4.16. The minimum atomic E-state index is 0.572. The predicted molar refractivity (Wildman–Crippen MR) is 57.9 cm³/mol. The van der Waals surface area contributed by atoms with E-state index in [1.807, 2.05) is 12.1 Å². The largest absolute Gasteiger partial charge is 0.298 e. The Bertz CT molecular complexity index is 299. The molecule has 0 bridgehead atoms. The first-order chi connectivity index (χ1) is 6.29. The van der Waals surface area contributed by atoms with Crippen LogP contribution in [0.2, 0.25) is 5.02 Å². The highest BCUT2D eigenvalue weighted by atomic mass is 35.5. The lowest BCUT2D eigenvalue weighted by molar-refractivity contribution is 0.112. The maximum absolute atomic E-state index is 10.6. The van der Waals surface area contributed by atoms with Crippen LogP contribution in [0.5, 0.6) is 0 Å². The molecule has 1 rings (SSSR count). The molecule has 3 heteroatoms. The summed E-state index contributed by atoms with van der Waals surface area (Å²) in [6.07, 6.45) is 1.89. The lowest BCUT2D eigenvalue weighted by atomic mass is 10.2. The maximum Gasteiger partial charge on any atom is 0.151 e. The first kappa shape index (κ1) is 10.6. The van der Waals surface area contributed by atoms with Crippen molar-refractivity contribution < 1.29 is 4.79 Å². The van der Waals surface area contributed by atoms with Crippen LogP contribution in [0.3, 0.4) is 0 Å². The molecule has 0 atom stereocenters. The highest BCUT2D eigenvalue weighted by Gasteiger charge is 2.04. The minimum Gasteiger partial charge on any atom is -0.298 e. The van der Waals surface area contributed by atoms with E-state index >= 15 is 0 Å². The molecule has 0 N–H and O–H groups in total. The van der Waals surface area contributed by atoms with Crippen molar-refractivity contribution in [2.75, 3.05) is 5.75 Å². The summed E-state index contributed by atoms with van der Waals surface area (Å²) in [5, 5.41) is 0.580. The molecule has 0 aliphatic heterocycles. The van der Waals surface area contributed by atoms with Gasteiger partial charge in [0.1, 0.15) is 0 Å². The van der Waals surface area contributed by atoms with Crippen molar-refractivity contribution in [2.45, 2.75) is 18.2 Å². The lowest BCUT2D eigenvalue weighted by Crippen LogP contribution is -1.85. The summed E-state index contributed by atoms with van der Waals surface area (Å²) < 4.78 is 0. The average Bonchev–Trinajstić information content (AvgIpc) is 2.16. The Balaban J connectivity index is 2.87. The third-order valence-corrected chi connectivity index (χ3v) is 3.38. The molecule has 0 aliphatic carbocycles. The summed E-state index contributed by atoms with van der Waals surface area (Å²) in [5.41, 5.74) is 0.572. The fourth-order valence-electron chi connectivity index (χ4n) is 0.942. The Morgan fingerprint density at radius 3 is 2.92 bits per heavy atom. The van der Waals surface area contributed by atoms with Gasteiger partial charge in [0.25, 0.3) is 0 Å². The van der Waals surface area contributed by atoms with Gasteiger partial charge in [0.05, 0.1) is 5.02 Å². The highest BCUT2D eigenvalue weighted by Crippen LogP contribution is 2.29. The summed E-state index contributed by atoms with van der Waals surface area (Å²) in [6, 6.07) is 5.52. The van der Waals surface area contributed by atoms with Crippen molar-refractivity contribution in [3.63, 3.8) is 0 Å². The molecule has 1 aromatic carbocycles. The number of carbonyl (C=O) groups is 1. The molecule has 1 aromatic rings. The monoisotopic (exact) mass is 214 g/mol. The molecular formula is C10H11ClOS. The van der Waals surface area contributed by atoms with Crippen LogP contribution in [0.4, 0.5) is 0 Å². The summed E-state index contributed by atoms with van der Waals surface area (Å²) >= 11 is 7.68. The third-order valence-electron chi connectivity index (χ3n) is 1.58. The molecule has 1 nitrogen and oxygen atoms in total. The fourth-order valence-corrected chi connectivity index (χ4v) is 2.12. The van der Waals surface area contributed by atoms with Gasteiger partial charge in [0.15, 0.2) is 6.29 Å². The number of aldehydes is 1. The average molecular weight is 215 g/mol. The van der Waals surface area contributed by atoms with Gasteiger partial charge >= 0.3 is 0 Å². The third kappa shape index (κ3) is 2.75. The standard InChI is InChI=1S/C10H11ClOS/c1-2-6-13-9-5-3-4-8(7-12)10(9)11/h3-5,7H,2,6H2,1H3. The van der Waals surface area contributed by atoms with E-state index in [0.717, 1.165) is 23.4 Å². The van der Waals surface area contributed by atoms with Crippen LogP contribution in [0.1, 0.15) is 23.7 Å². The zero-order chi connectivity index (χ0) is 9.68. The zero-order valence-electron chi connectivity index (χ0n) is 7.42. The number of benzene rings is 1. The van der Waals surface area contributed by atoms with E-state index in [4.69, 9.17) is 11.6 Å². The second kappa shape index (κ2) is 5.30. The van der Waals surface area contributed by atoms with Gasteiger partial charge in [-0.3, -0.25) is 4.79 Å². The van der Waals surface area contributed by atoms with Gasteiger partial charge in [-0.1, -0.05) is 30.7 Å². The molecule has 0 unspecified atom stereocenters. The second-order valence-corrected chi connectivity index (χ2v) is 4.14. The van der Waals surface area contributed by atoms with Crippen LogP contribution in [-0.2, 0) is 0 Å². The van der Waals surface area contributed by atoms with Gasteiger partial charge in [-0.25, -0.2) is 0 Å². The maximum atomic E-state index is 10.6. The lowest BCUT2D eigenvalue weighted by Gasteiger charge is -2.03. The molecule has 0 aliphatic rings. The van der Waals surface area contributed by atoms with E-state index < -0.39 is 0 Å². The molecule has 0 amide bonds. The Morgan fingerprint density at radius 1 is 1.54 bits per heavy atom. The first-order valence-corrected chi connectivity index (χ1v) is 5.52. The van der Waals surface area contributed by atoms with Crippen LogP contribution in [-0.4, -0.2) is 12.0 Å². The number of hydrogen-bond donors (Lipinski definition) is 0. The molecule has 0 spiro atoms. The second-order valence-electron chi connectivity index (χ2n) is 2.63. The van der Waals surface area contributed by atoms with Crippen LogP contribution < -0.4 is 0 Å². The molecule has 0 saturated carbocycles. The highest BCUT2D eigenvalue weighted by molar-refractivity contribution is 7.99. The number of carbonyl (C=O) groups excluding carboxylic acids is 1. The van der Waals surface area contributed by atoms with Crippen molar-refractivity contribution in [1.82, 2.24) is 0 Å².